The third-order valence-electron chi connectivity index (χ3n) is 5.06. The topological polar surface area (TPSA) is 72.3 Å². The molecule has 1 aliphatic rings. The smallest absolute Gasteiger partial charge is 0.220 e. The summed E-state index contributed by atoms with van der Waals surface area (Å²) in [6, 6.07) is 6.14. The Balaban J connectivity index is 1.35. The maximum absolute atomic E-state index is 12.1. The van der Waals surface area contributed by atoms with E-state index in [-0.39, 0.29) is 12.0 Å². The molecule has 0 saturated carbocycles. The molecule has 1 aliphatic heterocycles. The van der Waals surface area contributed by atoms with E-state index in [4.69, 9.17) is 4.74 Å². The van der Waals surface area contributed by atoms with Crippen LogP contribution < -0.4 is 5.32 Å². The molecule has 28 heavy (non-hydrogen) atoms. The fraction of sp³-hybridized carbons (Fsp3) is 0.571. The third-order valence-corrected chi connectivity index (χ3v) is 5.06. The molecule has 2 aromatic heterocycles. The molecule has 0 radical (unpaired) electrons. The van der Waals surface area contributed by atoms with Gasteiger partial charge in [-0.05, 0) is 51.4 Å². The van der Waals surface area contributed by atoms with E-state index >= 15 is 0 Å². The molecule has 2 aromatic rings. The minimum atomic E-state index is 0.0401. The van der Waals surface area contributed by atoms with E-state index in [0.717, 1.165) is 55.3 Å². The zero-order valence-electron chi connectivity index (χ0n) is 17.1. The van der Waals surface area contributed by atoms with Crippen molar-refractivity contribution < 1.29 is 9.53 Å². The molecular weight excluding hydrogens is 354 g/mol. The van der Waals surface area contributed by atoms with Crippen molar-refractivity contribution in [2.75, 3.05) is 33.3 Å². The van der Waals surface area contributed by atoms with Gasteiger partial charge in [-0.1, -0.05) is 6.07 Å². The zero-order chi connectivity index (χ0) is 19.9. The molecule has 1 saturated heterocycles. The van der Waals surface area contributed by atoms with Crippen molar-refractivity contribution in [2.45, 2.75) is 45.8 Å². The van der Waals surface area contributed by atoms with E-state index < -0.39 is 0 Å². The van der Waals surface area contributed by atoms with E-state index in [9.17, 15) is 4.79 Å². The SMILES string of the molecule is Cc1cc(C)n(CCCNC(=O)CCc2ccc(C3CN(C)CCO3)nc2)n1. The van der Waals surface area contributed by atoms with Gasteiger partial charge in [-0.25, -0.2) is 0 Å². The lowest BCUT2D eigenvalue weighted by molar-refractivity contribution is -0.121. The Morgan fingerprint density at radius 2 is 2.21 bits per heavy atom. The van der Waals surface area contributed by atoms with Crippen molar-refractivity contribution in [2.24, 2.45) is 0 Å². The predicted octanol–water partition coefficient (Wildman–Crippen LogP) is 2.04. The Bertz CT molecular complexity index is 772. The van der Waals surface area contributed by atoms with Crippen LogP contribution in [-0.4, -0.2) is 58.9 Å². The molecule has 1 N–H and O–H groups in total. The number of aromatic nitrogens is 3. The second kappa shape index (κ2) is 9.80. The highest BCUT2D eigenvalue weighted by molar-refractivity contribution is 5.76. The van der Waals surface area contributed by atoms with Gasteiger partial charge in [0.05, 0.1) is 18.0 Å². The Morgan fingerprint density at radius 3 is 2.89 bits per heavy atom. The normalized spacial score (nSPS) is 17.6. The highest BCUT2D eigenvalue weighted by atomic mass is 16.5. The van der Waals surface area contributed by atoms with Crippen LogP contribution >= 0.6 is 0 Å². The number of carbonyl (C=O) groups is 1. The molecule has 152 valence electrons. The average molecular weight is 386 g/mol. The van der Waals surface area contributed by atoms with Crippen LogP contribution in [0.4, 0.5) is 0 Å². The van der Waals surface area contributed by atoms with Crippen LogP contribution in [0.2, 0.25) is 0 Å². The molecule has 7 heteroatoms. The van der Waals surface area contributed by atoms with Gasteiger partial charge in [0.2, 0.25) is 5.91 Å². The number of pyridine rings is 1. The van der Waals surface area contributed by atoms with Crippen LogP contribution in [0.1, 0.15) is 41.6 Å². The van der Waals surface area contributed by atoms with Gasteiger partial charge in [0.1, 0.15) is 6.10 Å². The van der Waals surface area contributed by atoms with E-state index in [2.05, 4.69) is 46.4 Å². The Kier molecular flexibility index (Phi) is 7.17. The summed E-state index contributed by atoms with van der Waals surface area (Å²) in [4.78, 5) is 18.9. The molecule has 7 nitrogen and oxygen atoms in total. The lowest BCUT2D eigenvalue weighted by atomic mass is 10.1. The van der Waals surface area contributed by atoms with Crippen LogP contribution in [-0.2, 0) is 22.5 Å². The van der Waals surface area contributed by atoms with Crippen molar-refractivity contribution in [3.63, 3.8) is 0 Å². The van der Waals surface area contributed by atoms with Crippen LogP contribution in [0.15, 0.2) is 24.4 Å². The van der Waals surface area contributed by atoms with Gasteiger partial charge < -0.3 is 15.0 Å². The first-order chi connectivity index (χ1) is 13.5. The standard InChI is InChI=1S/C21H31N5O2/c1-16-13-17(2)26(24-16)10-4-9-22-21(27)8-6-18-5-7-19(23-14-18)20-15-25(3)11-12-28-20/h5,7,13-14,20H,4,6,8-12,15H2,1-3H3,(H,22,27). The molecule has 0 aliphatic carbocycles. The van der Waals surface area contributed by atoms with E-state index in [1.807, 2.05) is 23.9 Å². The number of carbonyl (C=O) groups excluding carboxylic acids is 1. The number of hydrogen-bond donors (Lipinski definition) is 1. The second-order valence-corrected chi connectivity index (χ2v) is 7.57. The number of nitrogens with one attached hydrogen (secondary N) is 1. The fourth-order valence-corrected chi connectivity index (χ4v) is 3.44. The van der Waals surface area contributed by atoms with Crippen LogP contribution in [0, 0.1) is 13.8 Å². The quantitative estimate of drug-likeness (QED) is 0.704. The number of amides is 1. The lowest BCUT2D eigenvalue weighted by Crippen LogP contribution is -2.35. The van der Waals surface area contributed by atoms with Gasteiger partial charge in [0.25, 0.3) is 0 Å². The monoisotopic (exact) mass is 385 g/mol. The van der Waals surface area contributed by atoms with Crippen LogP contribution in [0.3, 0.4) is 0 Å². The zero-order valence-corrected chi connectivity index (χ0v) is 17.1. The minimum Gasteiger partial charge on any atom is -0.369 e. The number of hydrogen-bond acceptors (Lipinski definition) is 5. The van der Waals surface area contributed by atoms with Crippen molar-refractivity contribution in [1.82, 2.24) is 25.0 Å². The van der Waals surface area contributed by atoms with Crippen LogP contribution in [0.5, 0.6) is 0 Å². The number of aryl methyl sites for hydroxylation is 4. The molecule has 0 aromatic carbocycles. The minimum absolute atomic E-state index is 0.0401. The number of rotatable bonds is 8. The van der Waals surface area contributed by atoms with Gasteiger partial charge in [-0.15, -0.1) is 0 Å². The van der Waals surface area contributed by atoms with Crippen molar-refractivity contribution in [3.8, 4) is 0 Å². The number of ether oxygens (including phenoxy) is 1. The van der Waals surface area contributed by atoms with Crippen LogP contribution in [0.25, 0.3) is 0 Å². The number of nitrogens with zero attached hydrogens (tertiary/aromatic N) is 4. The summed E-state index contributed by atoms with van der Waals surface area (Å²) >= 11 is 0. The van der Waals surface area contributed by atoms with Crippen molar-refractivity contribution in [1.29, 1.82) is 0 Å². The summed E-state index contributed by atoms with van der Waals surface area (Å²) in [5.74, 6) is 0.0784. The Hall–Kier alpha value is -2.25. The molecule has 0 bridgehead atoms. The van der Waals surface area contributed by atoms with Gasteiger partial charge in [-0.3, -0.25) is 14.5 Å². The molecule has 1 fully saturated rings. The molecule has 0 spiro atoms. The van der Waals surface area contributed by atoms with Gasteiger partial charge in [-0.2, -0.15) is 5.10 Å². The molecule has 1 atom stereocenters. The molecule has 1 amide bonds. The maximum Gasteiger partial charge on any atom is 0.220 e. The van der Waals surface area contributed by atoms with Gasteiger partial charge in [0.15, 0.2) is 0 Å². The van der Waals surface area contributed by atoms with E-state index in [1.54, 1.807) is 0 Å². The number of likely N-dealkylation sites (N-methyl/N-ethyl adjacent to an activating group) is 1. The third kappa shape index (κ3) is 5.87. The maximum atomic E-state index is 12.1. The van der Waals surface area contributed by atoms with Gasteiger partial charge >= 0.3 is 0 Å². The van der Waals surface area contributed by atoms with E-state index in [1.165, 1.54) is 0 Å². The van der Waals surface area contributed by atoms with Crippen molar-refractivity contribution >= 4 is 5.91 Å². The largest absolute Gasteiger partial charge is 0.369 e. The summed E-state index contributed by atoms with van der Waals surface area (Å²) in [5.41, 5.74) is 4.22. The first-order valence-corrected chi connectivity index (χ1v) is 10.0. The Labute approximate surface area is 167 Å². The first kappa shape index (κ1) is 20.5. The summed E-state index contributed by atoms with van der Waals surface area (Å²) in [6.45, 7) is 8.11. The highest BCUT2D eigenvalue weighted by Gasteiger charge is 2.20. The summed E-state index contributed by atoms with van der Waals surface area (Å²) in [5, 5.41) is 7.42. The molecular formula is C21H31N5O2. The summed E-state index contributed by atoms with van der Waals surface area (Å²) in [7, 11) is 2.10. The highest BCUT2D eigenvalue weighted by Crippen LogP contribution is 2.20. The summed E-state index contributed by atoms with van der Waals surface area (Å²) in [6.07, 6.45) is 3.95. The summed E-state index contributed by atoms with van der Waals surface area (Å²) < 4.78 is 7.78. The molecule has 3 heterocycles. The number of morpholine rings is 1. The first-order valence-electron chi connectivity index (χ1n) is 10.0. The predicted molar refractivity (Wildman–Crippen MR) is 108 cm³/mol. The van der Waals surface area contributed by atoms with Crippen molar-refractivity contribution in [3.05, 3.63) is 47.0 Å². The lowest BCUT2D eigenvalue weighted by Gasteiger charge is -2.29. The average Bonchev–Trinajstić information content (AvgIpc) is 3.01. The molecule has 3 rings (SSSR count). The van der Waals surface area contributed by atoms with Gasteiger partial charge in [0, 0.05) is 44.5 Å². The van der Waals surface area contributed by atoms with E-state index in [0.29, 0.717) is 19.4 Å². The second-order valence-electron chi connectivity index (χ2n) is 7.57. The fourth-order valence-electron chi connectivity index (χ4n) is 3.44. The Morgan fingerprint density at radius 1 is 1.36 bits per heavy atom. The molecule has 1 unspecified atom stereocenters.